The molecule has 27 heavy (non-hydrogen) atoms. The maximum absolute atomic E-state index is 10.3. The summed E-state index contributed by atoms with van der Waals surface area (Å²) in [6.07, 6.45) is 7.03. The molecule has 2 atom stereocenters. The molecule has 5 nitrogen and oxygen atoms in total. The first-order valence-electron chi connectivity index (χ1n) is 10.7. The second-order valence-electron chi connectivity index (χ2n) is 8.10. The molecule has 2 fully saturated rings. The van der Waals surface area contributed by atoms with E-state index in [0.717, 1.165) is 30.5 Å². The molecule has 1 saturated heterocycles. The Bertz CT molecular complexity index is 571. The number of benzene rings is 1. The number of nitrogens with one attached hydrogen (secondary N) is 2. The highest BCUT2D eigenvalue weighted by atomic mass is 16.3. The molecule has 1 heterocycles. The zero-order chi connectivity index (χ0) is 18.9. The maximum atomic E-state index is 10.3. The van der Waals surface area contributed by atoms with E-state index >= 15 is 0 Å². The highest BCUT2D eigenvalue weighted by Crippen LogP contribution is 2.26. The van der Waals surface area contributed by atoms with Crippen molar-refractivity contribution in [2.75, 3.05) is 32.7 Å². The van der Waals surface area contributed by atoms with E-state index < -0.39 is 6.10 Å². The van der Waals surface area contributed by atoms with E-state index in [1.165, 1.54) is 45.2 Å². The number of aliphatic hydroxyl groups excluding tert-OH is 1. The van der Waals surface area contributed by atoms with Gasteiger partial charge in [0.2, 0.25) is 0 Å². The minimum atomic E-state index is -0.453. The van der Waals surface area contributed by atoms with Gasteiger partial charge in [-0.05, 0) is 37.7 Å². The summed E-state index contributed by atoms with van der Waals surface area (Å²) in [4.78, 5) is 7.24. The van der Waals surface area contributed by atoms with E-state index in [1.807, 2.05) is 30.3 Å². The quantitative estimate of drug-likeness (QED) is 0.484. The van der Waals surface area contributed by atoms with E-state index in [4.69, 9.17) is 0 Å². The third-order valence-electron chi connectivity index (χ3n) is 5.72. The SMILES string of the molecule is CCNC(=NCC(O)Cc1ccccc1)NC1CCN(CC2CCCC2)C1. The van der Waals surface area contributed by atoms with Crippen LogP contribution < -0.4 is 10.6 Å². The molecule has 0 aromatic heterocycles. The summed E-state index contributed by atoms with van der Waals surface area (Å²) in [5.74, 6) is 1.75. The van der Waals surface area contributed by atoms with Crippen LogP contribution in [0.3, 0.4) is 0 Å². The molecule has 0 radical (unpaired) electrons. The zero-order valence-electron chi connectivity index (χ0n) is 16.7. The lowest BCUT2D eigenvalue weighted by molar-refractivity contribution is 0.183. The summed E-state index contributed by atoms with van der Waals surface area (Å²) in [5, 5.41) is 17.2. The van der Waals surface area contributed by atoms with E-state index in [-0.39, 0.29) is 0 Å². The molecule has 0 amide bonds. The molecule has 1 aromatic carbocycles. The normalized spacial score (nSPS) is 22.9. The monoisotopic (exact) mass is 372 g/mol. The number of nitrogens with zero attached hydrogens (tertiary/aromatic N) is 2. The first-order valence-corrected chi connectivity index (χ1v) is 10.7. The van der Waals surface area contributed by atoms with Crippen molar-refractivity contribution in [2.45, 2.75) is 57.6 Å². The summed E-state index contributed by atoms with van der Waals surface area (Å²) < 4.78 is 0. The lowest BCUT2D eigenvalue weighted by Crippen LogP contribution is -2.45. The predicted octanol–water partition coefficient (Wildman–Crippen LogP) is 2.41. The second kappa shape index (κ2) is 10.7. The summed E-state index contributed by atoms with van der Waals surface area (Å²) in [7, 11) is 0. The van der Waals surface area contributed by atoms with Crippen molar-refractivity contribution in [3.05, 3.63) is 35.9 Å². The van der Waals surface area contributed by atoms with Crippen LogP contribution in [0.15, 0.2) is 35.3 Å². The third-order valence-corrected chi connectivity index (χ3v) is 5.72. The summed E-state index contributed by atoms with van der Waals surface area (Å²) >= 11 is 0. The Morgan fingerprint density at radius 3 is 2.74 bits per heavy atom. The Hall–Kier alpha value is -1.59. The average Bonchev–Trinajstić information content (AvgIpc) is 3.33. The third kappa shape index (κ3) is 6.82. The standard InChI is InChI=1S/C22H36N4O/c1-2-23-22(24-15-21(27)14-18-8-4-3-5-9-18)25-20-12-13-26(17-20)16-19-10-6-7-11-19/h3-5,8-9,19-21,27H,2,6-7,10-17H2,1H3,(H2,23,24,25). The van der Waals surface area contributed by atoms with Crippen LogP contribution in [0.4, 0.5) is 0 Å². The van der Waals surface area contributed by atoms with Gasteiger partial charge in [-0.25, -0.2) is 0 Å². The van der Waals surface area contributed by atoms with Gasteiger partial charge in [0, 0.05) is 38.6 Å². The average molecular weight is 373 g/mol. The maximum Gasteiger partial charge on any atom is 0.191 e. The van der Waals surface area contributed by atoms with Crippen molar-refractivity contribution >= 4 is 5.96 Å². The molecule has 0 bridgehead atoms. The number of rotatable bonds is 8. The molecular weight excluding hydrogens is 336 g/mol. The van der Waals surface area contributed by atoms with Gasteiger partial charge >= 0.3 is 0 Å². The Labute approximate surface area is 164 Å². The number of aliphatic imine (C=N–C) groups is 1. The van der Waals surface area contributed by atoms with Crippen LogP contribution in [-0.4, -0.2) is 60.8 Å². The van der Waals surface area contributed by atoms with E-state index in [0.29, 0.717) is 19.0 Å². The number of likely N-dealkylation sites (tertiary alicyclic amines) is 1. The molecule has 1 saturated carbocycles. The van der Waals surface area contributed by atoms with Crippen LogP contribution in [0, 0.1) is 5.92 Å². The van der Waals surface area contributed by atoms with Gasteiger partial charge in [0.15, 0.2) is 5.96 Å². The Morgan fingerprint density at radius 2 is 2.00 bits per heavy atom. The number of aliphatic hydroxyl groups is 1. The first kappa shape index (κ1) is 20.2. The molecule has 1 aromatic rings. The van der Waals surface area contributed by atoms with Gasteiger partial charge in [0.05, 0.1) is 12.6 Å². The lowest BCUT2D eigenvalue weighted by Gasteiger charge is -2.21. The molecule has 3 N–H and O–H groups in total. The smallest absolute Gasteiger partial charge is 0.191 e. The van der Waals surface area contributed by atoms with Crippen LogP contribution in [0.2, 0.25) is 0 Å². The zero-order valence-corrected chi connectivity index (χ0v) is 16.7. The molecule has 1 aliphatic heterocycles. The fourth-order valence-corrected chi connectivity index (χ4v) is 4.34. The van der Waals surface area contributed by atoms with Crippen LogP contribution in [0.25, 0.3) is 0 Å². The molecular formula is C22H36N4O. The topological polar surface area (TPSA) is 59.9 Å². The van der Waals surface area contributed by atoms with Gasteiger partial charge in [-0.15, -0.1) is 0 Å². The molecule has 2 unspecified atom stereocenters. The van der Waals surface area contributed by atoms with Crippen LogP contribution >= 0.6 is 0 Å². The number of guanidine groups is 1. The van der Waals surface area contributed by atoms with Gasteiger partial charge < -0.3 is 20.6 Å². The van der Waals surface area contributed by atoms with Crippen molar-refractivity contribution in [2.24, 2.45) is 10.9 Å². The number of hydrogen-bond acceptors (Lipinski definition) is 3. The Balaban J connectivity index is 1.44. The first-order chi connectivity index (χ1) is 13.2. The van der Waals surface area contributed by atoms with Gasteiger partial charge in [-0.3, -0.25) is 4.99 Å². The summed E-state index contributed by atoms with van der Waals surface area (Å²) in [6, 6.07) is 10.6. The van der Waals surface area contributed by atoms with Crippen molar-refractivity contribution in [1.29, 1.82) is 0 Å². The van der Waals surface area contributed by atoms with E-state index in [9.17, 15) is 5.11 Å². The van der Waals surface area contributed by atoms with Crippen molar-refractivity contribution < 1.29 is 5.11 Å². The van der Waals surface area contributed by atoms with Gasteiger partial charge in [0.1, 0.15) is 0 Å². The summed E-state index contributed by atoms with van der Waals surface area (Å²) in [6.45, 7) is 6.89. The van der Waals surface area contributed by atoms with Crippen molar-refractivity contribution in [1.82, 2.24) is 15.5 Å². The second-order valence-corrected chi connectivity index (χ2v) is 8.10. The highest BCUT2D eigenvalue weighted by molar-refractivity contribution is 5.80. The summed E-state index contributed by atoms with van der Waals surface area (Å²) in [5.41, 5.74) is 1.15. The van der Waals surface area contributed by atoms with Gasteiger partial charge in [-0.1, -0.05) is 43.2 Å². The Morgan fingerprint density at radius 1 is 1.22 bits per heavy atom. The molecule has 5 heteroatoms. The minimum absolute atomic E-state index is 0.419. The van der Waals surface area contributed by atoms with Crippen LogP contribution in [0.5, 0.6) is 0 Å². The number of hydrogen-bond donors (Lipinski definition) is 3. The minimum Gasteiger partial charge on any atom is -0.391 e. The Kier molecular flexibility index (Phi) is 7.96. The molecule has 150 valence electrons. The van der Waals surface area contributed by atoms with E-state index in [1.54, 1.807) is 0 Å². The van der Waals surface area contributed by atoms with E-state index in [2.05, 4.69) is 27.4 Å². The fourth-order valence-electron chi connectivity index (χ4n) is 4.34. The highest BCUT2D eigenvalue weighted by Gasteiger charge is 2.26. The van der Waals surface area contributed by atoms with Crippen LogP contribution in [-0.2, 0) is 6.42 Å². The van der Waals surface area contributed by atoms with Crippen molar-refractivity contribution in [3.63, 3.8) is 0 Å². The molecule has 2 aliphatic rings. The molecule has 0 spiro atoms. The largest absolute Gasteiger partial charge is 0.391 e. The van der Waals surface area contributed by atoms with Gasteiger partial charge in [-0.2, -0.15) is 0 Å². The predicted molar refractivity (Wildman–Crippen MR) is 112 cm³/mol. The van der Waals surface area contributed by atoms with Crippen molar-refractivity contribution in [3.8, 4) is 0 Å². The molecule has 3 rings (SSSR count). The fraction of sp³-hybridized carbons (Fsp3) is 0.682. The molecule has 1 aliphatic carbocycles. The van der Waals surface area contributed by atoms with Gasteiger partial charge in [0.25, 0.3) is 0 Å². The lowest BCUT2D eigenvalue weighted by atomic mass is 10.1. The van der Waals surface area contributed by atoms with Crippen LogP contribution in [0.1, 0.15) is 44.6 Å².